The van der Waals surface area contributed by atoms with Gasteiger partial charge >= 0.3 is 5.97 Å². The van der Waals surface area contributed by atoms with Gasteiger partial charge in [0.1, 0.15) is 5.60 Å². The molecule has 13 heavy (non-hydrogen) atoms. The molecule has 0 saturated carbocycles. The zero-order valence-corrected chi connectivity index (χ0v) is 9.73. The van der Waals surface area contributed by atoms with Crippen molar-refractivity contribution in [2.75, 3.05) is 0 Å². The highest BCUT2D eigenvalue weighted by molar-refractivity contribution is 5.69. The second kappa shape index (κ2) is 4.12. The first kappa shape index (κ1) is 12.5. The monoisotopic (exact) mass is 186 g/mol. The molecule has 0 spiro atoms. The fourth-order valence-electron chi connectivity index (χ4n) is 0.870. The van der Waals surface area contributed by atoms with Gasteiger partial charge in [-0.1, -0.05) is 20.8 Å². The van der Waals surface area contributed by atoms with Crippen LogP contribution in [-0.4, -0.2) is 11.6 Å². The molecule has 0 amide bonds. The Kier molecular flexibility index (Phi) is 3.95. The van der Waals surface area contributed by atoms with E-state index in [1.165, 1.54) is 0 Å². The average Bonchev–Trinajstić information content (AvgIpc) is 1.78. The Morgan fingerprint density at radius 2 is 1.54 bits per heavy atom. The molecule has 2 heteroatoms. The van der Waals surface area contributed by atoms with E-state index in [1.807, 2.05) is 20.8 Å². The molecule has 2 nitrogen and oxygen atoms in total. The van der Waals surface area contributed by atoms with Crippen molar-refractivity contribution in [1.29, 1.82) is 0 Å². The minimum absolute atomic E-state index is 0.0950. The third kappa shape index (κ3) is 9.38. The molecule has 0 aromatic carbocycles. The van der Waals surface area contributed by atoms with E-state index in [-0.39, 0.29) is 17.0 Å². The summed E-state index contributed by atoms with van der Waals surface area (Å²) < 4.78 is 5.19. The number of rotatable bonds is 2. The molecular formula is C11H22O2. The molecule has 0 aromatic rings. The van der Waals surface area contributed by atoms with Crippen molar-refractivity contribution >= 4 is 5.97 Å². The van der Waals surface area contributed by atoms with Gasteiger partial charge in [-0.25, -0.2) is 0 Å². The van der Waals surface area contributed by atoms with Crippen LogP contribution in [0.5, 0.6) is 0 Å². The van der Waals surface area contributed by atoms with E-state index in [9.17, 15) is 4.79 Å². The lowest BCUT2D eigenvalue weighted by atomic mass is 9.91. The van der Waals surface area contributed by atoms with Gasteiger partial charge < -0.3 is 4.74 Å². The largest absolute Gasteiger partial charge is 0.460 e. The molecule has 0 saturated heterocycles. The molecule has 0 rings (SSSR count). The SMILES string of the molecule is CC(C)(C)CCC(=O)OC(C)(C)C. The maximum absolute atomic E-state index is 11.3. The van der Waals surface area contributed by atoms with Crippen molar-refractivity contribution in [3.8, 4) is 0 Å². The standard InChI is InChI=1S/C11H22O2/c1-10(2,3)8-7-9(12)13-11(4,5)6/h7-8H2,1-6H3. The molecule has 0 aliphatic rings. The van der Waals surface area contributed by atoms with E-state index in [4.69, 9.17) is 4.74 Å². The summed E-state index contributed by atoms with van der Waals surface area (Å²) in [5.41, 5.74) is -0.147. The minimum Gasteiger partial charge on any atom is -0.460 e. The van der Waals surface area contributed by atoms with Crippen molar-refractivity contribution in [3.63, 3.8) is 0 Å². The van der Waals surface area contributed by atoms with E-state index >= 15 is 0 Å². The fourth-order valence-corrected chi connectivity index (χ4v) is 0.870. The van der Waals surface area contributed by atoms with Crippen molar-refractivity contribution < 1.29 is 9.53 Å². The van der Waals surface area contributed by atoms with Gasteiger partial charge in [-0.2, -0.15) is 0 Å². The lowest BCUT2D eigenvalue weighted by Gasteiger charge is -2.22. The van der Waals surface area contributed by atoms with Crippen LogP contribution < -0.4 is 0 Å². The summed E-state index contributed by atoms with van der Waals surface area (Å²) in [5, 5.41) is 0. The van der Waals surface area contributed by atoms with E-state index in [0.29, 0.717) is 6.42 Å². The lowest BCUT2D eigenvalue weighted by Crippen LogP contribution is -2.24. The van der Waals surface area contributed by atoms with Gasteiger partial charge in [0.2, 0.25) is 0 Å². The molecule has 0 bridgehead atoms. The summed E-state index contributed by atoms with van der Waals surface area (Å²) in [6.45, 7) is 12.0. The van der Waals surface area contributed by atoms with E-state index < -0.39 is 0 Å². The number of esters is 1. The average molecular weight is 186 g/mol. The van der Waals surface area contributed by atoms with Crippen molar-refractivity contribution in [2.45, 2.75) is 60.0 Å². The number of hydrogen-bond donors (Lipinski definition) is 0. The normalized spacial score (nSPS) is 12.8. The van der Waals surface area contributed by atoms with Crippen LogP contribution >= 0.6 is 0 Å². The van der Waals surface area contributed by atoms with Crippen LogP contribution in [0.15, 0.2) is 0 Å². The highest BCUT2D eigenvalue weighted by atomic mass is 16.6. The molecule has 0 aromatic heterocycles. The first-order valence-corrected chi connectivity index (χ1v) is 4.82. The van der Waals surface area contributed by atoms with Crippen molar-refractivity contribution in [3.05, 3.63) is 0 Å². The lowest BCUT2D eigenvalue weighted by molar-refractivity contribution is -0.155. The predicted molar refractivity (Wildman–Crippen MR) is 54.5 cm³/mol. The van der Waals surface area contributed by atoms with Gasteiger partial charge in [0.05, 0.1) is 0 Å². The first-order chi connectivity index (χ1) is 5.60. The summed E-state index contributed by atoms with van der Waals surface area (Å²) >= 11 is 0. The molecule has 0 unspecified atom stereocenters. The highest BCUT2D eigenvalue weighted by Crippen LogP contribution is 2.21. The molecule has 0 atom stereocenters. The molecule has 0 fully saturated rings. The van der Waals surface area contributed by atoms with Crippen molar-refractivity contribution in [1.82, 2.24) is 0 Å². The highest BCUT2D eigenvalue weighted by Gasteiger charge is 2.18. The van der Waals surface area contributed by atoms with E-state index in [0.717, 1.165) is 6.42 Å². The van der Waals surface area contributed by atoms with Crippen LogP contribution in [0.2, 0.25) is 0 Å². The first-order valence-electron chi connectivity index (χ1n) is 4.82. The third-order valence-corrected chi connectivity index (χ3v) is 1.50. The minimum atomic E-state index is -0.352. The molecule has 0 aliphatic heterocycles. The third-order valence-electron chi connectivity index (χ3n) is 1.50. The maximum atomic E-state index is 11.3. The van der Waals surface area contributed by atoms with Gasteiger partial charge in [0, 0.05) is 6.42 Å². The van der Waals surface area contributed by atoms with Crippen LogP contribution in [0, 0.1) is 5.41 Å². The molecule has 0 aliphatic carbocycles. The van der Waals surface area contributed by atoms with E-state index in [2.05, 4.69) is 20.8 Å². The summed E-state index contributed by atoms with van der Waals surface area (Å²) in [5.74, 6) is -0.0950. The predicted octanol–water partition coefficient (Wildman–Crippen LogP) is 3.15. The van der Waals surface area contributed by atoms with E-state index in [1.54, 1.807) is 0 Å². The van der Waals surface area contributed by atoms with Crippen LogP contribution in [0.3, 0.4) is 0 Å². The Bertz CT molecular complexity index is 170. The van der Waals surface area contributed by atoms with Gasteiger partial charge in [-0.05, 0) is 32.6 Å². The number of carbonyl (C=O) groups is 1. The van der Waals surface area contributed by atoms with Crippen molar-refractivity contribution in [2.24, 2.45) is 5.41 Å². The fraction of sp³-hybridized carbons (Fsp3) is 0.909. The molecule has 0 heterocycles. The number of ether oxygens (including phenoxy) is 1. The Balaban J connectivity index is 3.78. The van der Waals surface area contributed by atoms with Crippen LogP contribution in [-0.2, 0) is 9.53 Å². The van der Waals surface area contributed by atoms with Gasteiger partial charge in [0.25, 0.3) is 0 Å². The molecule has 0 radical (unpaired) electrons. The maximum Gasteiger partial charge on any atom is 0.306 e. The Morgan fingerprint density at radius 1 is 1.08 bits per heavy atom. The molecule has 78 valence electrons. The summed E-state index contributed by atoms with van der Waals surface area (Å²) in [4.78, 5) is 11.3. The summed E-state index contributed by atoms with van der Waals surface area (Å²) in [6.07, 6.45) is 1.39. The smallest absolute Gasteiger partial charge is 0.306 e. The van der Waals surface area contributed by atoms with Crippen LogP contribution in [0.1, 0.15) is 54.4 Å². The Morgan fingerprint density at radius 3 is 1.85 bits per heavy atom. The summed E-state index contributed by atoms with van der Waals surface area (Å²) in [7, 11) is 0. The zero-order valence-electron chi connectivity index (χ0n) is 9.73. The van der Waals surface area contributed by atoms with Gasteiger partial charge in [0.15, 0.2) is 0 Å². The zero-order chi connectivity index (χ0) is 10.7. The van der Waals surface area contributed by atoms with Gasteiger partial charge in [-0.3, -0.25) is 4.79 Å². The Hall–Kier alpha value is -0.530. The summed E-state index contributed by atoms with van der Waals surface area (Å²) in [6, 6.07) is 0. The second-order valence-electron chi connectivity index (χ2n) is 5.65. The molecular weight excluding hydrogens is 164 g/mol. The Labute approximate surface area is 81.7 Å². The molecule has 0 N–H and O–H groups in total. The quantitative estimate of drug-likeness (QED) is 0.619. The van der Waals surface area contributed by atoms with Crippen LogP contribution in [0.25, 0.3) is 0 Å². The van der Waals surface area contributed by atoms with Gasteiger partial charge in [-0.15, -0.1) is 0 Å². The van der Waals surface area contributed by atoms with Crippen LogP contribution in [0.4, 0.5) is 0 Å². The second-order valence-corrected chi connectivity index (χ2v) is 5.65. The number of carbonyl (C=O) groups excluding carboxylic acids is 1. The number of hydrogen-bond acceptors (Lipinski definition) is 2. The topological polar surface area (TPSA) is 26.3 Å².